The van der Waals surface area contributed by atoms with E-state index in [0.717, 1.165) is 12.8 Å². The van der Waals surface area contributed by atoms with E-state index in [4.69, 9.17) is 0 Å². The molecule has 0 fully saturated rings. The van der Waals surface area contributed by atoms with Gasteiger partial charge in [0.25, 0.3) is 0 Å². The summed E-state index contributed by atoms with van der Waals surface area (Å²) in [6, 6.07) is 15.4. The molecule has 2 aromatic rings. The standard InChI is InChI=1S/C16H19N/c1-3-16(4-2)17-12-13-9-10-14-7-5-6-8-15(14)11-13/h5-12,16H,3-4H2,1-2H3. The fraction of sp³-hybridized carbons (Fsp3) is 0.312. The second kappa shape index (κ2) is 5.62. The monoisotopic (exact) mass is 225 g/mol. The van der Waals surface area contributed by atoms with E-state index in [1.165, 1.54) is 16.3 Å². The Morgan fingerprint density at radius 3 is 2.41 bits per heavy atom. The molecule has 2 aromatic carbocycles. The van der Waals surface area contributed by atoms with E-state index in [1.807, 2.05) is 6.21 Å². The highest BCUT2D eigenvalue weighted by atomic mass is 14.8. The molecule has 0 atom stereocenters. The van der Waals surface area contributed by atoms with Gasteiger partial charge in [-0.2, -0.15) is 0 Å². The Labute approximate surface area is 103 Å². The summed E-state index contributed by atoms with van der Waals surface area (Å²) in [6.07, 6.45) is 4.23. The second-order valence-electron chi connectivity index (χ2n) is 4.36. The molecule has 0 saturated heterocycles. The Bertz CT molecular complexity index is 510. The average Bonchev–Trinajstić information content (AvgIpc) is 2.40. The molecular formula is C16H19N. The highest BCUT2D eigenvalue weighted by molar-refractivity contribution is 5.90. The van der Waals surface area contributed by atoms with Crippen LogP contribution in [0, 0.1) is 0 Å². The SMILES string of the molecule is CCC(CC)N=Cc1ccc2ccccc2c1. The fourth-order valence-corrected chi connectivity index (χ4v) is 1.98. The minimum Gasteiger partial charge on any atom is -0.289 e. The van der Waals surface area contributed by atoms with Crippen LogP contribution >= 0.6 is 0 Å². The molecule has 0 saturated carbocycles. The number of fused-ring (bicyclic) bond motifs is 1. The maximum absolute atomic E-state index is 4.61. The molecule has 88 valence electrons. The predicted molar refractivity (Wildman–Crippen MR) is 75.9 cm³/mol. The van der Waals surface area contributed by atoms with Crippen LogP contribution in [0.3, 0.4) is 0 Å². The number of hydrogen-bond acceptors (Lipinski definition) is 1. The Balaban J connectivity index is 2.24. The number of nitrogens with zero attached hydrogens (tertiary/aromatic N) is 1. The minimum absolute atomic E-state index is 0.460. The van der Waals surface area contributed by atoms with Crippen molar-refractivity contribution < 1.29 is 0 Å². The lowest BCUT2D eigenvalue weighted by atomic mass is 10.1. The fourth-order valence-electron chi connectivity index (χ4n) is 1.98. The summed E-state index contributed by atoms with van der Waals surface area (Å²) in [5, 5.41) is 2.56. The van der Waals surface area contributed by atoms with Gasteiger partial charge in [-0.25, -0.2) is 0 Å². The van der Waals surface area contributed by atoms with Gasteiger partial charge in [0, 0.05) is 12.3 Å². The van der Waals surface area contributed by atoms with Gasteiger partial charge in [-0.1, -0.05) is 50.2 Å². The first-order valence-corrected chi connectivity index (χ1v) is 6.35. The first kappa shape index (κ1) is 11.8. The molecule has 1 nitrogen and oxygen atoms in total. The molecule has 0 aliphatic rings. The molecule has 0 heterocycles. The summed E-state index contributed by atoms with van der Waals surface area (Å²) < 4.78 is 0. The lowest BCUT2D eigenvalue weighted by Crippen LogP contribution is -2.00. The number of hydrogen-bond donors (Lipinski definition) is 0. The van der Waals surface area contributed by atoms with Crippen molar-refractivity contribution in [3.63, 3.8) is 0 Å². The van der Waals surface area contributed by atoms with E-state index in [-0.39, 0.29) is 0 Å². The van der Waals surface area contributed by atoms with Crippen molar-refractivity contribution >= 4 is 17.0 Å². The number of benzene rings is 2. The highest BCUT2D eigenvalue weighted by Gasteiger charge is 1.98. The van der Waals surface area contributed by atoms with Crippen LogP contribution in [0.2, 0.25) is 0 Å². The molecular weight excluding hydrogens is 206 g/mol. The van der Waals surface area contributed by atoms with Crippen molar-refractivity contribution in [3.8, 4) is 0 Å². The summed E-state index contributed by atoms with van der Waals surface area (Å²) >= 11 is 0. The van der Waals surface area contributed by atoms with Crippen molar-refractivity contribution in [2.75, 3.05) is 0 Å². The third-order valence-electron chi connectivity index (χ3n) is 3.15. The van der Waals surface area contributed by atoms with Gasteiger partial charge in [0.2, 0.25) is 0 Å². The van der Waals surface area contributed by atoms with Crippen LogP contribution in [0.25, 0.3) is 10.8 Å². The van der Waals surface area contributed by atoms with Crippen LogP contribution < -0.4 is 0 Å². The number of rotatable bonds is 4. The molecule has 17 heavy (non-hydrogen) atoms. The van der Waals surface area contributed by atoms with E-state index in [2.05, 4.69) is 61.3 Å². The third kappa shape index (κ3) is 2.94. The Kier molecular flexibility index (Phi) is 3.92. The Morgan fingerprint density at radius 2 is 1.71 bits per heavy atom. The zero-order valence-electron chi connectivity index (χ0n) is 10.6. The van der Waals surface area contributed by atoms with Gasteiger partial charge in [0.05, 0.1) is 0 Å². The van der Waals surface area contributed by atoms with Crippen LogP contribution in [0.4, 0.5) is 0 Å². The van der Waals surface area contributed by atoms with Crippen LogP contribution in [0.5, 0.6) is 0 Å². The molecule has 0 aliphatic heterocycles. The molecule has 0 unspecified atom stereocenters. The maximum atomic E-state index is 4.61. The zero-order valence-corrected chi connectivity index (χ0v) is 10.6. The molecule has 1 heteroatoms. The van der Waals surface area contributed by atoms with Crippen molar-refractivity contribution in [1.82, 2.24) is 0 Å². The van der Waals surface area contributed by atoms with Crippen molar-refractivity contribution in [3.05, 3.63) is 48.0 Å². The van der Waals surface area contributed by atoms with Gasteiger partial charge in [-0.3, -0.25) is 4.99 Å². The predicted octanol–water partition coefficient (Wildman–Crippen LogP) is 4.45. The molecule has 0 spiro atoms. The number of aliphatic imine (C=N–C) groups is 1. The van der Waals surface area contributed by atoms with Crippen molar-refractivity contribution in [2.24, 2.45) is 4.99 Å². The van der Waals surface area contributed by atoms with Crippen LogP contribution in [0.15, 0.2) is 47.5 Å². The quantitative estimate of drug-likeness (QED) is 0.682. The van der Waals surface area contributed by atoms with E-state index >= 15 is 0 Å². The molecule has 0 aromatic heterocycles. The maximum Gasteiger partial charge on any atom is 0.0494 e. The average molecular weight is 225 g/mol. The molecule has 0 aliphatic carbocycles. The highest BCUT2D eigenvalue weighted by Crippen LogP contribution is 2.14. The van der Waals surface area contributed by atoms with Crippen LogP contribution in [0.1, 0.15) is 32.3 Å². The van der Waals surface area contributed by atoms with E-state index in [9.17, 15) is 0 Å². The third-order valence-corrected chi connectivity index (χ3v) is 3.15. The topological polar surface area (TPSA) is 12.4 Å². The lowest BCUT2D eigenvalue weighted by Gasteiger charge is -2.05. The first-order chi connectivity index (χ1) is 8.33. The summed E-state index contributed by atoms with van der Waals surface area (Å²) in [5.74, 6) is 0. The Hall–Kier alpha value is -1.63. The first-order valence-electron chi connectivity index (χ1n) is 6.35. The molecule has 0 N–H and O–H groups in total. The van der Waals surface area contributed by atoms with Gasteiger partial charge in [-0.15, -0.1) is 0 Å². The van der Waals surface area contributed by atoms with Crippen molar-refractivity contribution in [2.45, 2.75) is 32.7 Å². The largest absolute Gasteiger partial charge is 0.289 e. The summed E-state index contributed by atoms with van der Waals surface area (Å²) in [7, 11) is 0. The normalized spacial score (nSPS) is 11.7. The molecule has 2 rings (SSSR count). The smallest absolute Gasteiger partial charge is 0.0494 e. The lowest BCUT2D eigenvalue weighted by molar-refractivity contribution is 0.634. The minimum atomic E-state index is 0.460. The van der Waals surface area contributed by atoms with Gasteiger partial charge in [0.1, 0.15) is 0 Å². The molecule has 0 bridgehead atoms. The summed E-state index contributed by atoms with van der Waals surface area (Å²) in [6.45, 7) is 4.37. The van der Waals surface area contributed by atoms with Gasteiger partial charge in [-0.05, 0) is 35.2 Å². The summed E-state index contributed by atoms with van der Waals surface area (Å²) in [5.41, 5.74) is 1.19. The van der Waals surface area contributed by atoms with Crippen LogP contribution in [-0.4, -0.2) is 12.3 Å². The van der Waals surface area contributed by atoms with Gasteiger partial charge < -0.3 is 0 Å². The molecule has 0 radical (unpaired) electrons. The van der Waals surface area contributed by atoms with Gasteiger partial charge >= 0.3 is 0 Å². The van der Waals surface area contributed by atoms with Crippen LogP contribution in [-0.2, 0) is 0 Å². The molecule has 0 amide bonds. The zero-order chi connectivity index (χ0) is 12.1. The van der Waals surface area contributed by atoms with E-state index in [0.29, 0.717) is 6.04 Å². The Morgan fingerprint density at radius 1 is 1.00 bits per heavy atom. The van der Waals surface area contributed by atoms with Gasteiger partial charge in [0.15, 0.2) is 0 Å². The van der Waals surface area contributed by atoms with Crippen molar-refractivity contribution in [1.29, 1.82) is 0 Å². The van der Waals surface area contributed by atoms with E-state index < -0.39 is 0 Å². The van der Waals surface area contributed by atoms with E-state index in [1.54, 1.807) is 0 Å². The second-order valence-corrected chi connectivity index (χ2v) is 4.36. The summed E-state index contributed by atoms with van der Waals surface area (Å²) in [4.78, 5) is 4.61.